The topological polar surface area (TPSA) is 0 Å². The Bertz CT molecular complexity index is 304. The van der Waals surface area contributed by atoms with Crippen LogP contribution in [-0.2, 0) is 0 Å². The van der Waals surface area contributed by atoms with Gasteiger partial charge in [0.2, 0.25) is 0 Å². The van der Waals surface area contributed by atoms with Crippen molar-refractivity contribution in [1.82, 2.24) is 0 Å². The highest BCUT2D eigenvalue weighted by atomic mass is 14.0. The molecule has 1 unspecified atom stereocenters. The second kappa shape index (κ2) is 17.0. The van der Waals surface area contributed by atoms with Crippen molar-refractivity contribution in [3.63, 3.8) is 0 Å². The highest BCUT2D eigenvalue weighted by molar-refractivity contribution is 4.98. The third kappa shape index (κ3) is 16.9. The maximum absolute atomic E-state index is 2.37. The van der Waals surface area contributed by atoms with Crippen LogP contribution >= 0.6 is 0 Å². The Labute approximate surface area is 133 Å². The van der Waals surface area contributed by atoms with Crippen LogP contribution in [0.1, 0.15) is 78.6 Å². The van der Waals surface area contributed by atoms with Gasteiger partial charge in [-0.1, -0.05) is 88.6 Å². The zero-order chi connectivity index (χ0) is 15.6. The Balaban J connectivity index is 3.55. The van der Waals surface area contributed by atoms with Crippen molar-refractivity contribution in [2.24, 2.45) is 5.92 Å². The summed E-state index contributed by atoms with van der Waals surface area (Å²) in [6, 6.07) is 0. The lowest BCUT2D eigenvalue weighted by Crippen LogP contribution is -1.85. The van der Waals surface area contributed by atoms with Gasteiger partial charge in [0.25, 0.3) is 0 Å². The summed E-state index contributed by atoms with van der Waals surface area (Å²) in [5.41, 5.74) is 0. The van der Waals surface area contributed by atoms with Crippen LogP contribution in [0.25, 0.3) is 0 Å². The van der Waals surface area contributed by atoms with Gasteiger partial charge < -0.3 is 0 Å². The SMILES string of the molecule is CCCC=CCC=CCC=CCC(C)C=CCCCCC. The smallest absolute Gasteiger partial charge is 0.0169 e. The van der Waals surface area contributed by atoms with E-state index in [0.717, 1.165) is 19.3 Å². The van der Waals surface area contributed by atoms with E-state index in [4.69, 9.17) is 0 Å². The van der Waals surface area contributed by atoms with Gasteiger partial charge in [-0.25, -0.2) is 0 Å². The molecule has 0 radical (unpaired) electrons. The molecule has 0 aromatic heterocycles. The Morgan fingerprint density at radius 2 is 1.33 bits per heavy atom. The third-order valence-corrected chi connectivity index (χ3v) is 3.45. The summed E-state index contributed by atoms with van der Waals surface area (Å²) >= 11 is 0. The first-order valence-corrected chi connectivity index (χ1v) is 8.92. The van der Waals surface area contributed by atoms with Crippen molar-refractivity contribution in [3.8, 4) is 0 Å². The molecule has 0 aliphatic carbocycles. The number of hydrogen-bond donors (Lipinski definition) is 0. The van der Waals surface area contributed by atoms with Gasteiger partial charge in [0, 0.05) is 0 Å². The van der Waals surface area contributed by atoms with Crippen LogP contribution in [0.2, 0.25) is 0 Å². The largest absolute Gasteiger partial charge is 0.0883 e. The molecule has 1 atom stereocenters. The maximum Gasteiger partial charge on any atom is -0.0169 e. The van der Waals surface area contributed by atoms with E-state index < -0.39 is 0 Å². The summed E-state index contributed by atoms with van der Waals surface area (Å²) in [6.07, 6.45) is 29.4. The molecule has 0 fully saturated rings. The lowest BCUT2D eigenvalue weighted by molar-refractivity contribution is 0.710. The average Bonchev–Trinajstić information content (AvgIpc) is 2.49. The predicted molar refractivity (Wildman–Crippen MR) is 98.6 cm³/mol. The minimum absolute atomic E-state index is 0.670. The predicted octanol–water partition coefficient (Wildman–Crippen LogP) is 7.40. The van der Waals surface area contributed by atoms with Crippen LogP contribution in [-0.4, -0.2) is 0 Å². The molecule has 0 saturated heterocycles. The van der Waals surface area contributed by atoms with Crippen LogP contribution in [0.15, 0.2) is 48.6 Å². The Morgan fingerprint density at radius 1 is 0.667 bits per heavy atom. The van der Waals surface area contributed by atoms with Gasteiger partial charge in [0.1, 0.15) is 0 Å². The molecule has 21 heavy (non-hydrogen) atoms. The summed E-state index contributed by atoms with van der Waals surface area (Å²) in [4.78, 5) is 0. The molecule has 0 heteroatoms. The van der Waals surface area contributed by atoms with Crippen LogP contribution in [0.4, 0.5) is 0 Å². The molecule has 0 spiro atoms. The van der Waals surface area contributed by atoms with Gasteiger partial charge in [-0.05, 0) is 44.4 Å². The van der Waals surface area contributed by atoms with Crippen molar-refractivity contribution in [1.29, 1.82) is 0 Å². The first-order valence-electron chi connectivity index (χ1n) is 8.92. The van der Waals surface area contributed by atoms with E-state index in [1.807, 2.05) is 0 Å². The minimum Gasteiger partial charge on any atom is -0.0883 e. The molecule has 0 rings (SSSR count). The molecule has 0 N–H and O–H groups in total. The zero-order valence-electron chi connectivity index (χ0n) is 14.6. The average molecular weight is 289 g/mol. The van der Waals surface area contributed by atoms with Crippen molar-refractivity contribution < 1.29 is 0 Å². The van der Waals surface area contributed by atoms with Gasteiger partial charge in [-0.3, -0.25) is 0 Å². The van der Waals surface area contributed by atoms with Crippen LogP contribution in [0.3, 0.4) is 0 Å². The standard InChI is InChI=1S/C21H36/c1-4-6-8-10-11-12-13-14-16-18-20-21(3)19-17-15-9-7-5-2/h8,10,12-13,16-19,21H,4-7,9,11,14-15,20H2,1-3H3. The third-order valence-electron chi connectivity index (χ3n) is 3.45. The number of hydrogen-bond acceptors (Lipinski definition) is 0. The summed E-state index contributed by atoms with van der Waals surface area (Å²) in [5, 5.41) is 0. The Hall–Kier alpha value is -1.04. The van der Waals surface area contributed by atoms with Gasteiger partial charge in [-0.15, -0.1) is 0 Å². The van der Waals surface area contributed by atoms with Crippen molar-refractivity contribution in [3.05, 3.63) is 48.6 Å². The summed E-state index contributed by atoms with van der Waals surface area (Å²) in [7, 11) is 0. The zero-order valence-corrected chi connectivity index (χ0v) is 14.6. The van der Waals surface area contributed by atoms with Crippen LogP contribution in [0, 0.1) is 5.92 Å². The molecule has 120 valence electrons. The van der Waals surface area contributed by atoms with E-state index in [0.29, 0.717) is 5.92 Å². The van der Waals surface area contributed by atoms with E-state index in [-0.39, 0.29) is 0 Å². The van der Waals surface area contributed by atoms with Crippen molar-refractivity contribution in [2.75, 3.05) is 0 Å². The molecule has 0 bridgehead atoms. The van der Waals surface area contributed by atoms with Crippen molar-refractivity contribution >= 4 is 0 Å². The summed E-state index contributed by atoms with van der Waals surface area (Å²) in [5.74, 6) is 0.670. The summed E-state index contributed by atoms with van der Waals surface area (Å²) < 4.78 is 0. The van der Waals surface area contributed by atoms with E-state index >= 15 is 0 Å². The lowest BCUT2D eigenvalue weighted by atomic mass is 10.1. The first kappa shape index (κ1) is 20.0. The number of allylic oxidation sites excluding steroid dienone is 8. The maximum atomic E-state index is 2.37. The highest BCUT2D eigenvalue weighted by Gasteiger charge is 1.92. The molecular formula is C21H36. The van der Waals surface area contributed by atoms with Crippen LogP contribution < -0.4 is 0 Å². The molecule has 0 saturated carbocycles. The second-order valence-corrected chi connectivity index (χ2v) is 5.81. The van der Waals surface area contributed by atoms with E-state index in [1.54, 1.807) is 0 Å². The van der Waals surface area contributed by atoms with Gasteiger partial charge in [0.05, 0.1) is 0 Å². The summed E-state index contributed by atoms with van der Waals surface area (Å²) in [6.45, 7) is 6.77. The fourth-order valence-corrected chi connectivity index (χ4v) is 2.06. The molecule has 0 aromatic rings. The highest BCUT2D eigenvalue weighted by Crippen LogP contribution is 2.08. The van der Waals surface area contributed by atoms with Crippen molar-refractivity contribution in [2.45, 2.75) is 78.6 Å². The van der Waals surface area contributed by atoms with Gasteiger partial charge in [0.15, 0.2) is 0 Å². The molecule has 0 amide bonds. The van der Waals surface area contributed by atoms with Gasteiger partial charge in [-0.2, -0.15) is 0 Å². The Kier molecular flexibility index (Phi) is 16.2. The monoisotopic (exact) mass is 288 g/mol. The molecule has 0 aliphatic rings. The van der Waals surface area contributed by atoms with Crippen LogP contribution in [0.5, 0.6) is 0 Å². The molecule has 0 nitrogen and oxygen atoms in total. The van der Waals surface area contributed by atoms with E-state index in [1.165, 1.54) is 38.5 Å². The molecule has 0 aliphatic heterocycles. The fraction of sp³-hybridized carbons (Fsp3) is 0.619. The van der Waals surface area contributed by atoms with Gasteiger partial charge >= 0.3 is 0 Å². The Morgan fingerprint density at radius 3 is 2.00 bits per heavy atom. The number of unbranched alkanes of at least 4 members (excludes halogenated alkanes) is 4. The molecule has 0 aromatic carbocycles. The van der Waals surface area contributed by atoms with E-state index in [9.17, 15) is 0 Å². The molecule has 0 heterocycles. The second-order valence-electron chi connectivity index (χ2n) is 5.81. The number of rotatable bonds is 13. The quantitative estimate of drug-likeness (QED) is 0.245. The minimum atomic E-state index is 0.670. The first-order chi connectivity index (χ1) is 10.3. The lowest BCUT2D eigenvalue weighted by Gasteiger charge is -2.00. The fourth-order valence-electron chi connectivity index (χ4n) is 2.06. The van der Waals surface area contributed by atoms with E-state index in [2.05, 4.69) is 69.4 Å². The normalized spacial score (nSPS) is 14.2. The molecular weight excluding hydrogens is 252 g/mol.